The molecule has 1 aromatic rings. The Hall–Kier alpha value is -2.18. The molecule has 23 heavy (non-hydrogen) atoms. The second-order valence-electron chi connectivity index (χ2n) is 5.60. The minimum Gasteiger partial charge on any atom is -0.466 e. The van der Waals surface area contributed by atoms with Crippen LogP contribution in [-0.2, 0) is 14.3 Å². The van der Waals surface area contributed by atoms with Crippen molar-refractivity contribution >= 4 is 17.7 Å². The molecular weight excluding hydrogens is 301 g/mol. The van der Waals surface area contributed by atoms with Crippen molar-refractivity contribution in [3.63, 3.8) is 0 Å². The largest absolute Gasteiger partial charge is 0.466 e. The molecule has 0 spiro atoms. The third-order valence-electron chi connectivity index (χ3n) is 3.87. The molecular formula is C16H22FN3O3. The summed E-state index contributed by atoms with van der Waals surface area (Å²) in [6.07, 6.45) is 2.97. The highest BCUT2D eigenvalue weighted by Gasteiger charge is 2.29. The van der Waals surface area contributed by atoms with Gasteiger partial charge in [0.05, 0.1) is 19.1 Å². The van der Waals surface area contributed by atoms with Crippen LogP contribution in [0.5, 0.6) is 0 Å². The minimum atomic E-state index is -0.467. The number of likely N-dealkylation sites (tertiary alicyclic amines) is 1. The Labute approximate surface area is 135 Å². The summed E-state index contributed by atoms with van der Waals surface area (Å²) in [5.74, 6) is -1.00. The van der Waals surface area contributed by atoms with Crippen molar-refractivity contribution in [2.45, 2.75) is 19.8 Å². The quantitative estimate of drug-likeness (QED) is 0.768. The summed E-state index contributed by atoms with van der Waals surface area (Å²) in [7, 11) is 1.62. The SMILES string of the molecule is CCOC(=O)[C@@H]1CCCN(C(=O)CN(C)c2ncccc2F)C1. The number of pyridine rings is 1. The maximum Gasteiger partial charge on any atom is 0.310 e. The van der Waals surface area contributed by atoms with E-state index in [-0.39, 0.29) is 30.2 Å². The lowest BCUT2D eigenvalue weighted by atomic mass is 9.98. The molecule has 0 aromatic carbocycles. The van der Waals surface area contributed by atoms with Gasteiger partial charge in [-0.1, -0.05) is 0 Å². The van der Waals surface area contributed by atoms with E-state index in [1.807, 2.05) is 0 Å². The van der Waals surface area contributed by atoms with Gasteiger partial charge in [0.2, 0.25) is 5.91 Å². The molecule has 0 saturated carbocycles. The highest BCUT2D eigenvalue weighted by atomic mass is 19.1. The van der Waals surface area contributed by atoms with Gasteiger partial charge < -0.3 is 14.5 Å². The zero-order valence-corrected chi connectivity index (χ0v) is 13.5. The van der Waals surface area contributed by atoms with E-state index < -0.39 is 5.82 Å². The van der Waals surface area contributed by atoms with Crippen LogP contribution < -0.4 is 4.90 Å². The molecule has 1 amide bonds. The number of anilines is 1. The highest BCUT2D eigenvalue weighted by molar-refractivity contribution is 5.82. The van der Waals surface area contributed by atoms with E-state index in [2.05, 4.69) is 4.98 Å². The lowest BCUT2D eigenvalue weighted by molar-refractivity contribution is -0.151. The van der Waals surface area contributed by atoms with Gasteiger partial charge >= 0.3 is 5.97 Å². The summed E-state index contributed by atoms with van der Waals surface area (Å²) in [6.45, 7) is 3.08. The average molecular weight is 323 g/mol. The van der Waals surface area contributed by atoms with Gasteiger partial charge in [0.25, 0.3) is 0 Å². The first-order valence-corrected chi connectivity index (χ1v) is 7.79. The Morgan fingerprint density at radius 1 is 1.52 bits per heavy atom. The van der Waals surface area contributed by atoms with Crippen LogP contribution in [0.15, 0.2) is 18.3 Å². The van der Waals surface area contributed by atoms with E-state index in [4.69, 9.17) is 4.74 Å². The van der Waals surface area contributed by atoms with Gasteiger partial charge in [-0.2, -0.15) is 0 Å². The number of carbonyl (C=O) groups is 2. The number of carbonyl (C=O) groups excluding carboxylic acids is 2. The molecule has 1 aliphatic rings. The van der Waals surface area contributed by atoms with Crippen molar-refractivity contribution in [3.8, 4) is 0 Å². The second kappa shape index (κ2) is 7.89. The zero-order valence-electron chi connectivity index (χ0n) is 13.5. The summed E-state index contributed by atoms with van der Waals surface area (Å²) in [6, 6.07) is 2.81. The Bertz CT molecular complexity index is 567. The normalized spacial score (nSPS) is 17.7. The summed E-state index contributed by atoms with van der Waals surface area (Å²) < 4.78 is 18.7. The van der Waals surface area contributed by atoms with Crippen molar-refractivity contribution in [2.24, 2.45) is 5.92 Å². The number of ether oxygens (including phenoxy) is 1. The fraction of sp³-hybridized carbons (Fsp3) is 0.562. The number of esters is 1. The van der Waals surface area contributed by atoms with Gasteiger partial charge in [-0.3, -0.25) is 9.59 Å². The van der Waals surface area contributed by atoms with E-state index in [1.165, 1.54) is 23.2 Å². The van der Waals surface area contributed by atoms with Crippen molar-refractivity contribution in [1.82, 2.24) is 9.88 Å². The average Bonchev–Trinajstić information content (AvgIpc) is 2.55. The smallest absolute Gasteiger partial charge is 0.310 e. The van der Waals surface area contributed by atoms with E-state index >= 15 is 0 Å². The topological polar surface area (TPSA) is 62.7 Å². The number of halogens is 1. The third kappa shape index (κ3) is 4.40. The fourth-order valence-electron chi connectivity index (χ4n) is 2.69. The Kier molecular flexibility index (Phi) is 5.90. The predicted octanol–water partition coefficient (Wildman–Crippen LogP) is 1.46. The van der Waals surface area contributed by atoms with E-state index in [1.54, 1.807) is 18.9 Å². The van der Waals surface area contributed by atoms with Crippen LogP contribution in [0.1, 0.15) is 19.8 Å². The Morgan fingerprint density at radius 2 is 2.30 bits per heavy atom. The van der Waals surface area contributed by atoms with Crippen molar-refractivity contribution in [3.05, 3.63) is 24.1 Å². The number of nitrogens with zero attached hydrogens (tertiary/aromatic N) is 3. The molecule has 0 unspecified atom stereocenters. The molecule has 126 valence electrons. The number of rotatable bonds is 5. The van der Waals surface area contributed by atoms with Crippen LogP contribution >= 0.6 is 0 Å². The van der Waals surface area contributed by atoms with Crippen molar-refractivity contribution < 1.29 is 18.7 Å². The predicted molar refractivity (Wildman–Crippen MR) is 83.4 cm³/mol. The molecule has 1 atom stereocenters. The number of hydrogen-bond donors (Lipinski definition) is 0. The lowest BCUT2D eigenvalue weighted by Gasteiger charge is -2.32. The molecule has 0 N–H and O–H groups in total. The highest BCUT2D eigenvalue weighted by Crippen LogP contribution is 2.19. The third-order valence-corrected chi connectivity index (χ3v) is 3.87. The molecule has 0 radical (unpaired) electrons. The molecule has 0 bridgehead atoms. The van der Waals surface area contributed by atoms with Gasteiger partial charge in [0.1, 0.15) is 0 Å². The molecule has 2 rings (SSSR count). The summed E-state index contributed by atoms with van der Waals surface area (Å²) in [4.78, 5) is 31.3. The second-order valence-corrected chi connectivity index (χ2v) is 5.60. The van der Waals surface area contributed by atoms with E-state index in [0.717, 1.165) is 12.8 Å². The van der Waals surface area contributed by atoms with Gasteiger partial charge in [-0.05, 0) is 31.9 Å². The van der Waals surface area contributed by atoms with Crippen molar-refractivity contribution in [2.75, 3.05) is 38.2 Å². The van der Waals surface area contributed by atoms with Crippen LogP contribution in [0.3, 0.4) is 0 Å². The fourth-order valence-corrected chi connectivity index (χ4v) is 2.69. The number of piperidine rings is 1. The van der Waals surface area contributed by atoms with Crippen LogP contribution in [-0.4, -0.2) is 55.0 Å². The van der Waals surface area contributed by atoms with Gasteiger partial charge in [-0.15, -0.1) is 0 Å². The monoisotopic (exact) mass is 323 g/mol. The van der Waals surface area contributed by atoms with E-state index in [9.17, 15) is 14.0 Å². The van der Waals surface area contributed by atoms with Gasteiger partial charge in [0, 0.05) is 26.3 Å². The molecule has 1 saturated heterocycles. The van der Waals surface area contributed by atoms with Crippen LogP contribution in [0, 0.1) is 11.7 Å². The first-order chi connectivity index (χ1) is 11.0. The maximum absolute atomic E-state index is 13.7. The van der Waals surface area contributed by atoms with Crippen LogP contribution in [0.2, 0.25) is 0 Å². The Morgan fingerprint density at radius 3 is 3.00 bits per heavy atom. The molecule has 2 heterocycles. The first-order valence-electron chi connectivity index (χ1n) is 7.79. The molecule has 7 heteroatoms. The maximum atomic E-state index is 13.7. The van der Waals surface area contributed by atoms with E-state index in [0.29, 0.717) is 19.7 Å². The van der Waals surface area contributed by atoms with Crippen molar-refractivity contribution in [1.29, 1.82) is 0 Å². The lowest BCUT2D eigenvalue weighted by Crippen LogP contribution is -2.46. The zero-order chi connectivity index (χ0) is 16.8. The molecule has 0 aliphatic carbocycles. The number of amides is 1. The summed E-state index contributed by atoms with van der Waals surface area (Å²) >= 11 is 0. The number of hydrogen-bond acceptors (Lipinski definition) is 5. The van der Waals surface area contributed by atoms with Gasteiger partial charge in [0.15, 0.2) is 11.6 Å². The first kappa shape index (κ1) is 17.2. The van der Waals surface area contributed by atoms with Crippen LogP contribution in [0.4, 0.5) is 10.2 Å². The molecule has 1 fully saturated rings. The molecule has 1 aromatic heterocycles. The number of aromatic nitrogens is 1. The summed E-state index contributed by atoms with van der Waals surface area (Å²) in [5, 5.41) is 0. The minimum absolute atomic E-state index is 0.0173. The number of likely N-dealkylation sites (N-methyl/N-ethyl adjacent to an activating group) is 1. The Balaban J connectivity index is 1.95. The summed E-state index contributed by atoms with van der Waals surface area (Å²) in [5.41, 5.74) is 0. The van der Waals surface area contributed by atoms with Gasteiger partial charge in [-0.25, -0.2) is 9.37 Å². The molecule has 6 nitrogen and oxygen atoms in total. The van der Waals surface area contributed by atoms with Crippen LogP contribution in [0.25, 0.3) is 0 Å². The molecule has 1 aliphatic heterocycles. The standard InChI is InChI=1S/C16H22FN3O3/c1-3-23-16(22)12-6-5-9-20(10-12)14(21)11-19(2)15-13(17)7-4-8-18-15/h4,7-8,12H,3,5-6,9-11H2,1-2H3/t12-/m1/s1.